The van der Waals surface area contributed by atoms with Gasteiger partial charge in [-0.15, -0.1) is 0 Å². The minimum atomic E-state index is -4.55. The molecule has 2 aromatic rings. The topological polar surface area (TPSA) is 109 Å². The van der Waals surface area contributed by atoms with Crippen LogP contribution in [0.1, 0.15) is 11.3 Å². The van der Waals surface area contributed by atoms with E-state index in [2.05, 4.69) is 9.97 Å². The van der Waals surface area contributed by atoms with E-state index in [1.807, 2.05) is 0 Å². The van der Waals surface area contributed by atoms with Crippen molar-refractivity contribution >= 4 is 29.8 Å². The lowest BCUT2D eigenvalue weighted by Gasteiger charge is -2.48. The molecular formula is C17H16ClF3N4O3. The van der Waals surface area contributed by atoms with E-state index in [0.29, 0.717) is 11.4 Å². The van der Waals surface area contributed by atoms with Gasteiger partial charge in [0.1, 0.15) is 17.8 Å². The number of primary amides is 1. The fourth-order valence-corrected chi connectivity index (χ4v) is 3.00. The van der Waals surface area contributed by atoms with Crippen molar-refractivity contribution in [3.05, 3.63) is 52.9 Å². The summed E-state index contributed by atoms with van der Waals surface area (Å²) in [5, 5.41) is 7.47. The first-order chi connectivity index (χ1) is 13.1. The van der Waals surface area contributed by atoms with Gasteiger partial charge in [0.25, 0.3) is 6.47 Å². The number of carbonyl (C=O) groups excluding carboxylic acids is 1. The molecule has 1 aromatic heterocycles. The number of nitrogens with zero attached hydrogens (tertiary/aromatic N) is 3. The zero-order valence-corrected chi connectivity index (χ0v) is 15.1. The first-order valence-corrected chi connectivity index (χ1v) is 8.25. The Balaban J connectivity index is 0.000000878. The number of aromatic nitrogens is 2. The fraction of sp³-hybridized carbons (Fsp3) is 0.294. The van der Waals surface area contributed by atoms with Crippen LogP contribution < -0.4 is 10.6 Å². The molecule has 0 bridgehead atoms. The normalized spacial score (nSPS) is 15.1. The molecule has 150 valence electrons. The molecule has 3 rings (SSSR count). The van der Waals surface area contributed by atoms with E-state index in [9.17, 15) is 18.0 Å². The summed E-state index contributed by atoms with van der Waals surface area (Å²) in [6, 6.07) is 7.88. The molecule has 2 heterocycles. The van der Waals surface area contributed by atoms with Crippen LogP contribution in [0.5, 0.6) is 0 Å². The molecule has 0 aliphatic carbocycles. The molecule has 1 amide bonds. The van der Waals surface area contributed by atoms with E-state index in [0.717, 1.165) is 18.0 Å². The SMILES string of the molecule is NC(=O)C1(Cc2ccc(Cl)cc2)CN(c2cc(C(F)(F)F)ncn2)C1.O=CO. The molecule has 1 aromatic carbocycles. The number of amides is 1. The minimum Gasteiger partial charge on any atom is -0.483 e. The third-order valence-electron chi connectivity index (χ3n) is 4.23. The van der Waals surface area contributed by atoms with E-state index in [4.69, 9.17) is 27.2 Å². The minimum absolute atomic E-state index is 0.121. The van der Waals surface area contributed by atoms with Gasteiger partial charge < -0.3 is 15.7 Å². The molecule has 1 fully saturated rings. The highest BCUT2D eigenvalue weighted by Gasteiger charge is 2.49. The second-order valence-corrected chi connectivity index (χ2v) is 6.60. The van der Waals surface area contributed by atoms with Gasteiger partial charge in [-0.2, -0.15) is 13.2 Å². The molecule has 28 heavy (non-hydrogen) atoms. The highest BCUT2D eigenvalue weighted by Crippen LogP contribution is 2.38. The molecule has 0 unspecified atom stereocenters. The molecule has 1 aliphatic heterocycles. The maximum absolute atomic E-state index is 12.8. The van der Waals surface area contributed by atoms with Crippen LogP contribution in [0.4, 0.5) is 19.0 Å². The van der Waals surface area contributed by atoms with E-state index < -0.39 is 23.2 Å². The first-order valence-electron chi connectivity index (χ1n) is 7.88. The summed E-state index contributed by atoms with van der Waals surface area (Å²) in [7, 11) is 0. The highest BCUT2D eigenvalue weighted by atomic mass is 35.5. The summed E-state index contributed by atoms with van der Waals surface area (Å²) in [5.41, 5.74) is 4.55. The monoisotopic (exact) mass is 416 g/mol. The van der Waals surface area contributed by atoms with Gasteiger partial charge in [-0.25, -0.2) is 9.97 Å². The van der Waals surface area contributed by atoms with Crippen molar-refractivity contribution in [1.82, 2.24) is 9.97 Å². The average molecular weight is 417 g/mol. The number of hydrogen-bond donors (Lipinski definition) is 2. The van der Waals surface area contributed by atoms with E-state index in [-0.39, 0.29) is 25.4 Å². The number of rotatable bonds is 4. The van der Waals surface area contributed by atoms with Gasteiger partial charge in [0.05, 0.1) is 5.41 Å². The van der Waals surface area contributed by atoms with Crippen LogP contribution >= 0.6 is 11.6 Å². The molecule has 11 heteroatoms. The van der Waals surface area contributed by atoms with Gasteiger partial charge >= 0.3 is 6.18 Å². The number of hydrogen-bond acceptors (Lipinski definition) is 5. The Morgan fingerprint density at radius 1 is 1.29 bits per heavy atom. The predicted molar refractivity (Wildman–Crippen MR) is 94.7 cm³/mol. The van der Waals surface area contributed by atoms with Crippen molar-refractivity contribution < 1.29 is 27.9 Å². The Hall–Kier alpha value is -2.88. The predicted octanol–water partition coefficient (Wildman–Crippen LogP) is 2.38. The number of carboxylic acid groups (broad SMARTS) is 1. The Morgan fingerprint density at radius 2 is 1.86 bits per heavy atom. The first kappa shape index (κ1) is 21.4. The number of anilines is 1. The van der Waals surface area contributed by atoms with Gasteiger partial charge in [-0.1, -0.05) is 23.7 Å². The standard InChI is InChI=1S/C16H14ClF3N4O.CH2O2/c17-11-3-1-10(2-4-11)6-15(14(21)25)7-24(8-15)13-5-12(16(18,19)20)22-9-23-13;2-1-3/h1-5,9H,6-8H2,(H2,21,25);1H,(H,2,3). The number of nitrogens with two attached hydrogens (primary N) is 1. The maximum atomic E-state index is 12.8. The van der Waals surface area contributed by atoms with Crippen LogP contribution in [0.3, 0.4) is 0 Å². The zero-order valence-electron chi connectivity index (χ0n) is 14.4. The molecule has 0 spiro atoms. The lowest BCUT2D eigenvalue weighted by molar-refractivity contribution is -0.141. The summed E-state index contributed by atoms with van der Waals surface area (Å²) < 4.78 is 38.3. The number of halogens is 4. The molecule has 0 radical (unpaired) electrons. The molecule has 7 nitrogen and oxygen atoms in total. The number of alkyl halides is 3. The fourth-order valence-electron chi connectivity index (χ4n) is 2.87. The van der Waals surface area contributed by atoms with Gasteiger partial charge in [0.15, 0.2) is 0 Å². The smallest absolute Gasteiger partial charge is 0.433 e. The quantitative estimate of drug-likeness (QED) is 0.741. The third kappa shape index (κ3) is 4.89. The Bertz CT molecular complexity index is 840. The molecule has 1 aliphatic rings. The van der Waals surface area contributed by atoms with Crippen molar-refractivity contribution in [2.45, 2.75) is 12.6 Å². The van der Waals surface area contributed by atoms with Crippen LogP contribution in [0.25, 0.3) is 0 Å². The molecule has 0 atom stereocenters. The van der Waals surface area contributed by atoms with Crippen LogP contribution in [-0.2, 0) is 22.2 Å². The molecule has 1 saturated heterocycles. The van der Waals surface area contributed by atoms with E-state index in [1.165, 1.54) is 0 Å². The van der Waals surface area contributed by atoms with Crippen LogP contribution in [0.15, 0.2) is 36.7 Å². The lowest BCUT2D eigenvalue weighted by Crippen LogP contribution is -2.64. The Kier molecular flexibility index (Phi) is 6.45. The number of benzene rings is 1. The lowest BCUT2D eigenvalue weighted by atomic mass is 9.74. The van der Waals surface area contributed by atoms with E-state index >= 15 is 0 Å². The van der Waals surface area contributed by atoms with Crippen molar-refractivity contribution in [2.75, 3.05) is 18.0 Å². The highest BCUT2D eigenvalue weighted by molar-refractivity contribution is 6.30. The van der Waals surface area contributed by atoms with Gasteiger partial charge in [0, 0.05) is 24.2 Å². The Labute approximate surface area is 162 Å². The van der Waals surface area contributed by atoms with Gasteiger partial charge in [0.2, 0.25) is 5.91 Å². The van der Waals surface area contributed by atoms with Crippen molar-refractivity contribution in [2.24, 2.45) is 11.1 Å². The van der Waals surface area contributed by atoms with Crippen LogP contribution in [0.2, 0.25) is 5.02 Å². The maximum Gasteiger partial charge on any atom is 0.433 e. The summed E-state index contributed by atoms with van der Waals surface area (Å²) >= 11 is 5.84. The van der Waals surface area contributed by atoms with Crippen molar-refractivity contribution in [3.63, 3.8) is 0 Å². The van der Waals surface area contributed by atoms with Crippen molar-refractivity contribution in [3.8, 4) is 0 Å². The summed E-state index contributed by atoms with van der Waals surface area (Å²) in [6.07, 6.45) is -3.30. The second kappa shape index (κ2) is 8.42. The van der Waals surface area contributed by atoms with Gasteiger partial charge in [-0.3, -0.25) is 9.59 Å². The van der Waals surface area contributed by atoms with Crippen molar-refractivity contribution in [1.29, 1.82) is 0 Å². The average Bonchev–Trinajstić information content (AvgIpc) is 2.59. The molecule has 3 N–H and O–H groups in total. The largest absolute Gasteiger partial charge is 0.483 e. The number of carbonyl (C=O) groups is 2. The second-order valence-electron chi connectivity index (χ2n) is 6.17. The Morgan fingerprint density at radius 3 is 2.36 bits per heavy atom. The summed E-state index contributed by atoms with van der Waals surface area (Å²) in [5.74, 6) is -0.376. The summed E-state index contributed by atoms with van der Waals surface area (Å²) in [4.78, 5) is 29.0. The van der Waals surface area contributed by atoms with E-state index in [1.54, 1.807) is 29.2 Å². The third-order valence-corrected chi connectivity index (χ3v) is 4.48. The molecule has 0 saturated carbocycles. The molecular weight excluding hydrogens is 401 g/mol. The zero-order chi connectivity index (χ0) is 20.9. The van der Waals surface area contributed by atoms with Gasteiger partial charge in [-0.05, 0) is 24.1 Å². The van der Waals surface area contributed by atoms with Crippen LogP contribution in [-0.4, -0.2) is 40.5 Å². The van der Waals surface area contributed by atoms with Crippen LogP contribution in [0, 0.1) is 5.41 Å². The summed E-state index contributed by atoms with van der Waals surface area (Å²) in [6.45, 7) is 0.137.